The van der Waals surface area contributed by atoms with E-state index in [0.29, 0.717) is 30.2 Å². The third-order valence-corrected chi connectivity index (χ3v) is 6.15. The molecule has 0 bridgehead atoms. The molecule has 0 radical (unpaired) electrons. The molecule has 1 aromatic rings. The monoisotopic (exact) mass is 371 g/mol. The van der Waals surface area contributed by atoms with Crippen molar-refractivity contribution >= 4 is 39.1 Å². The molecule has 1 atom stereocenters. The predicted molar refractivity (Wildman–Crippen MR) is 91.0 cm³/mol. The Morgan fingerprint density at radius 3 is 2.79 bits per heavy atom. The second-order valence-electron chi connectivity index (χ2n) is 6.00. The number of rotatable bonds is 4. The van der Waals surface area contributed by atoms with Gasteiger partial charge in [0.2, 0.25) is 5.91 Å². The van der Waals surface area contributed by atoms with Crippen molar-refractivity contribution in [2.75, 3.05) is 36.0 Å². The zero-order valence-electron chi connectivity index (χ0n) is 12.9. The summed E-state index contributed by atoms with van der Waals surface area (Å²) >= 11 is 5.95. The zero-order valence-corrected chi connectivity index (χ0v) is 14.5. The van der Waals surface area contributed by atoms with Crippen LogP contribution in [0.3, 0.4) is 0 Å². The van der Waals surface area contributed by atoms with E-state index in [9.17, 15) is 18.0 Å². The molecule has 2 saturated heterocycles. The third kappa shape index (κ3) is 3.81. The van der Waals surface area contributed by atoms with Gasteiger partial charge in [-0.15, -0.1) is 0 Å². The van der Waals surface area contributed by atoms with Crippen molar-refractivity contribution < 1.29 is 18.0 Å². The van der Waals surface area contributed by atoms with Crippen molar-refractivity contribution in [1.82, 2.24) is 10.2 Å². The Morgan fingerprint density at radius 1 is 1.33 bits per heavy atom. The lowest BCUT2D eigenvalue weighted by Gasteiger charge is -2.19. The lowest BCUT2D eigenvalue weighted by atomic mass is 10.2. The number of sulfone groups is 1. The number of hydrogen-bond acceptors (Lipinski definition) is 4. The van der Waals surface area contributed by atoms with Gasteiger partial charge in [-0.05, 0) is 24.6 Å². The van der Waals surface area contributed by atoms with E-state index < -0.39 is 9.84 Å². The molecule has 0 saturated carbocycles. The second-order valence-corrected chi connectivity index (χ2v) is 8.67. The van der Waals surface area contributed by atoms with Crippen LogP contribution in [0.2, 0.25) is 5.02 Å². The highest BCUT2D eigenvalue weighted by Gasteiger charge is 2.33. The molecule has 0 aromatic heterocycles. The maximum Gasteiger partial charge on any atom is 0.325 e. The standard InChI is InChI=1S/C15H18ClN3O4S/c16-11-2-1-3-13(8-11)19-6-5-18(15(19)21)9-14(20)17-12-4-7-24(22,23)10-12/h1-3,8,12H,4-7,9-10H2,(H,17,20)/t12-/m0/s1. The molecule has 0 aliphatic carbocycles. The van der Waals surface area contributed by atoms with Crippen molar-refractivity contribution in [3.8, 4) is 0 Å². The average molecular weight is 372 g/mol. The first-order chi connectivity index (χ1) is 11.3. The molecular weight excluding hydrogens is 354 g/mol. The fourth-order valence-electron chi connectivity index (χ4n) is 2.97. The molecule has 130 valence electrons. The summed E-state index contributed by atoms with van der Waals surface area (Å²) in [6.45, 7) is 0.832. The highest BCUT2D eigenvalue weighted by molar-refractivity contribution is 7.91. The molecule has 2 fully saturated rings. The Balaban J connectivity index is 1.57. The number of urea groups is 1. The van der Waals surface area contributed by atoms with Gasteiger partial charge in [0.25, 0.3) is 0 Å². The summed E-state index contributed by atoms with van der Waals surface area (Å²) in [5.41, 5.74) is 0.692. The van der Waals surface area contributed by atoms with E-state index in [2.05, 4.69) is 5.32 Å². The topological polar surface area (TPSA) is 86.8 Å². The van der Waals surface area contributed by atoms with Crippen molar-refractivity contribution in [1.29, 1.82) is 0 Å². The second kappa shape index (κ2) is 6.60. The van der Waals surface area contributed by atoms with E-state index in [1.165, 1.54) is 4.90 Å². The number of nitrogens with one attached hydrogen (secondary N) is 1. The van der Waals surface area contributed by atoms with E-state index in [0.717, 1.165) is 0 Å². The Morgan fingerprint density at radius 2 is 2.12 bits per heavy atom. The van der Waals surface area contributed by atoms with Crippen LogP contribution in [0.5, 0.6) is 0 Å². The van der Waals surface area contributed by atoms with Gasteiger partial charge in [0.15, 0.2) is 9.84 Å². The Kier molecular flexibility index (Phi) is 4.69. The Labute approximate surface area is 145 Å². The SMILES string of the molecule is O=C(CN1CCN(c2cccc(Cl)c2)C1=O)N[C@H]1CCS(=O)(=O)C1. The number of carbonyl (C=O) groups excluding carboxylic acids is 2. The highest BCUT2D eigenvalue weighted by atomic mass is 35.5. The minimum atomic E-state index is -3.04. The van der Waals surface area contributed by atoms with E-state index in [4.69, 9.17) is 11.6 Å². The highest BCUT2D eigenvalue weighted by Crippen LogP contribution is 2.23. The van der Waals surface area contributed by atoms with E-state index in [1.54, 1.807) is 29.2 Å². The molecule has 9 heteroatoms. The van der Waals surface area contributed by atoms with Crippen LogP contribution < -0.4 is 10.2 Å². The van der Waals surface area contributed by atoms with Crippen LogP contribution >= 0.6 is 11.6 Å². The molecule has 24 heavy (non-hydrogen) atoms. The molecule has 1 aromatic carbocycles. The first-order valence-electron chi connectivity index (χ1n) is 7.66. The minimum Gasteiger partial charge on any atom is -0.351 e. The molecule has 0 spiro atoms. The largest absolute Gasteiger partial charge is 0.351 e. The van der Waals surface area contributed by atoms with Crippen LogP contribution in [-0.4, -0.2) is 62.4 Å². The Hall–Kier alpha value is -1.80. The first kappa shape index (κ1) is 17.0. The van der Waals surface area contributed by atoms with Crippen molar-refractivity contribution in [2.45, 2.75) is 12.5 Å². The number of amides is 3. The third-order valence-electron chi connectivity index (χ3n) is 4.15. The minimum absolute atomic E-state index is 0.0265. The van der Waals surface area contributed by atoms with Gasteiger partial charge in [-0.3, -0.25) is 9.69 Å². The van der Waals surface area contributed by atoms with Crippen LogP contribution in [0.25, 0.3) is 0 Å². The van der Waals surface area contributed by atoms with Crippen molar-refractivity contribution in [2.24, 2.45) is 0 Å². The maximum absolute atomic E-state index is 12.4. The van der Waals surface area contributed by atoms with E-state index >= 15 is 0 Å². The molecule has 2 aliphatic heterocycles. The van der Waals surface area contributed by atoms with Crippen molar-refractivity contribution in [3.05, 3.63) is 29.3 Å². The molecule has 3 rings (SSSR count). The quantitative estimate of drug-likeness (QED) is 0.851. The first-order valence-corrected chi connectivity index (χ1v) is 9.86. The number of hydrogen-bond donors (Lipinski definition) is 1. The van der Waals surface area contributed by atoms with E-state index in [-0.39, 0.29) is 36.0 Å². The van der Waals surface area contributed by atoms with Crippen molar-refractivity contribution in [3.63, 3.8) is 0 Å². The van der Waals surface area contributed by atoms with E-state index in [1.807, 2.05) is 0 Å². The predicted octanol–water partition coefficient (Wildman–Crippen LogP) is 0.885. The summed E-state index contributed by atoms with van der Waals surface area (Å²) in [6, 6.07) is 6.37. The smallest absolute Gasteiger partial charge is 0.325 e. The summed E-state index contributed by atoms with van der Waals surface area (Å²) in [4.78, 5) is 27.5. The maximum atomic E-state index is 12.4. The zero-order chi connectivity index (χ0) is 17.3. The number of halogens is 1. The summed E-state index contributed by atoms with van der Waals surface area (Å²) in [6.07, 6.45) is 0.427. The molecule has 2 aliphatic rings. The van der Waals surface area contributed by atoms with Gasteiger partial charge >= 0.3 is 6.03 Å². The van der Waals surface area contributed by atoms with Gasteiger partial charge in [0.1, 0.15) is 6.54 Å². The number of nitrogens with zero attached hydrogens (tertiary/aromatic N) is 2. The van der Waals surface area contributed by atoms with Crippen LogP contribution in [0.4, 0.5) is 10.5 Å². The van der Waals surface area contributed by atoms with Gasteiger partial charge < -0.3 is 10.2 Å². The number of carbonyl (C=O) groups is 2. The van der Waals surface area contributed by atoms with Gasteiger partial charge in [-0.2, -0.15) is 0 Å². The summed E-state index contributed by atoms with van der Waals surface area (Å²) in [5.74, 6) is -0.261. The van der Waals surface area contributed by atoms with Crippen LogP contribution in [0, 0.1) is 0 Å². The number of anilines is 1. The molecule has 3 amide bonds. The van der Waals surface area contributed by atoms with Crippen LogP contribution in [0.15, 0.2) is 24.3 Å². The summed E-state index contributed by atoms with van der Waals surface area (Å²) in [7, 11) is -3.04. The fourth-order valence-corrected chi connectivity index (χ4v) is 4.83. The average Bonchev–Trinajstić information content (AvgIpc) is 3.02. The van der Waals surface area contributed by atoms with Gasteiger partial charge in [0, 0.05) is 29.8 Å². The molecule has 2 heterocycles. The molecule has 7 nitrogen and oxygen atoms in total. The molecule has 1 N–H and O–H groups in total. The van der Waals surface area contributed by atoms with Gasteiger partial charge in [-0.25, -0.2) is 13.2 Å². The summed E-state index contributed by atoms with van der Waals surface area (Å²) in [5, 5.41) is 3.23. The number of benzene rings is 1. The van der Waals surface area contributed by atoms with Gasteiger partial charge in [-0.1, -0.05) is 17.7 Å². The summed E-state index contributed by atoms with van der Waals surface area (Å²) < 4.78 is 22.8. The van der Waals surface area contributed by atoms with Crippen LogP contribution in [-0.2, 0) is 14.6 Å². The van der Waals surface area contributed by atoms with Crippen LogP contribution in [0.1, 0.15) is 6.42 Å². The molecular formula is C15H18ClN3O4S. The fraction of sp³-hybridized carbons (Fsp3) is 0.467. The van der Waals surface area contributed by atoms with Gasteiger partial charge in [0.05, 0.1) is 11.5 Å². The lowest BCUT2D eigenvalue weighted by Crippen LogP contribution is -2.44. The molecule has 0 unspecified atom stereocenters. The Bertz CT molecular complexity index is 768. The normalized spacial score (nSPS) is 22.9. The lowest BCUT2D eigenvalue weighted by molar-refractivity contribution is -0.122.